The Morgan fingerprint density at radius 3 is 2.05 bits per heavy atom. The third-order valence-corrected chi connectivity index (χ3v) is 3.16. The molecule has 0 radical (unpaired) electrons. The van der Waals surface area contributed by atoms with Gasteiger partial charge in [-0.2, -0.15) is 8.42 Å². The molecule has 1 aliphatic heterocycles. The van der Waals surface area contributed by atoms with Crippen LogP contribution in [0.2, 0.25) is 0 Å². The molecule has 0 spiro atoms. The van der Waals surface area contributed by atoms with E-state index in [9.17, 15) is 18.0 Å². The van der Waals surface area contributed by atoms with Crippen molar-refractivity contribution in [2.24, 2.45) is 11.7 Å². The molecule has 0 aromatic heterocycles. The smallest absolute Gasteiger partial charge is 0.265 e. The highest BCUT2D eigenvalue weighted by Gasteiger charge is 2.16. The Kier molecular flexibility index (Phi) is 11.4. The van der Waals surface area contributed by atoms with E-state index in [1.807, 2.05) is 0 Å². The predicted molar refractivity (Wildman–Crippen MR) is 81.8 cm³/mol. The molecule has 7 nitrogen and oxygen atoms in total. The van der Waals surface area contributed by atoms with Crippen molar-refractivity contribution in [2.75, 3.05) is 12.3 Å². The number of likely N-dealkylation sites (tertiary alicyclic amines) is 1. The zero-order chi connectivity index (χ0) is 17.1. The normalized spacial score (nSPS) is 13.7. The van der Waals surface area contributed by atoms with Gasteiger partial charge in [0.2, 0.25) is 11.8 Å². The first-order valence-corrected chi connectivity index (χ1v) is 7.93. The summed E-state index contributed by atoms with van der Waals surface area (Å²) in [5.41, 5.74) is 4.53. The van der Waals surface area contributed by atoms with Crippen LogP contribution in [-0.4, -0.2) is 42.0 Å². The maximum atomic E-state index is 10.7. The first-order valence-electron chi connectivity index (χ1n) is 6.32. The van der Waals surface area contributed by atoms with Crippen molar-refractivity contribution in [3.63, 3.8) is 0 Å². The van der Waals surface area contributed by atoms with Crippen molar-refractivity contribution in [3.05, 3.63) is 25.4 Å². The molecular formula is C13H24N2O5S. The lowest BCUT2D eigenvalue weighted by Crippen LogP contribution is -2.16. The van der Waals surface area contributed by atoms with Gasteiger partial charge in [0.1, 0.15) is 0 Å². The van der Waals surface area contributed by atoms with E-state index in [1.165, 1.54) is 0 Å². The zero-order valence-electron chi connectivity index (χ0n) is 12.5. The van der Waals surface area contributed by atoms with Gasteiger partial charge in [0.15, 0.2) is 0 Å². The largest absolute Gasteiger partial charge is 0.366 e. The van der Waals surface area contributed by atoms with Crippen molar-refractivity contribution < 1.29 is 22.6 Å². The molecule has 3 N–H and O–H groups in total. The van der Waals surface area contributed by atoms with Crippen LogP contribution in [0.1, 0.15) is 26.7 Å². The summed E-state index contributed by atoms with van der Waals surface area (Å²) >= 11 is 0. The highest BCUT2D eigenvalue weighted by Crippen LogP contribution is 2.08. The van der Waals surface area contributed by atoms with Gasteiger partial charge in [0, 0.05) is 13.0 Å². The second-order valence-electron chi connectivity index (χ2n) is 4.62. The lowest BCUT2D eigenvalue weighted by Gasteiger charge is -2.05. The third kappa shape index (κ3) is 16.3. The minimum Gasteiger partial charge on any atom is -0.366 e. The molecule has 0 bridgehead atoms. The summed E-state index contributed by atoms with van der Waals surface area (Å²) in [6.07, 6.45) is 4.34. The van der Waals surface area contributed by atoms with Crippen LogP contribution in [-0.2, 0) is 19.7 Å². The van der Waals surface area contributed by atoms with Crippen molar-refractivity contribution in [2.45, 2.75) is 26.7 Å². The monoisotopic (exact) mass is 320 g/mol. The van der Waals surface area contributed by atoms with Crippen LogP contribution >= 0.6 is 0 Å². The summed E-state index contributed by atoms with van der Waals surface area (Å²) < 4.78 is 28.2. The standard InChI is InChI=1S/C6H9NO.C4H10O3S.C3H5NO/c1-2-7-5-3-4-6(7)8;1-4(2)3-8(5,6)7;1-2-3(4)5/h2H,1,3-5H2;4H,3H2,1-2H3,(H,5,6,7);2H,1H2,(H2,4,5). The van der Waals surface area contributed by atoms with E-state index in [0.29, 0.717) is 6.42 Å². The summed E-state index contributed by atoms with van der Waals surface area (Å²) in [5.74, 6) is -0.414. The summed E-state index contributed by atoms with van der Waals surface area (Å²) in [4.78, 5) is 21.8. The van der Waals surface area contributed by atoms with Crippen LogP contribution in [0.15, 0.2) is 25.4 Å². The summed E-state index contributed by atoms with van der Waals surface area (Å²) in [5, 5.41) is 0. The molecular weight excluding hydrogens is 296 g/mol. The second-order valence-corrected chi connectivity index (χ2v) is 6.12. The lowest BCUT2D eigenvalue weighted by atomic mass is 10.3. The van der Waals surface area contributed by atoms with Crippen molar-refractivity contribution in [1.82, 2.24) is 4.90 Å². The molecule has 8 heteroatoms. The van der Waals surface area contributed by atoms with Crippen molar-refractivity contribution in [3.8, 4) is 0 Å². The first-order chi connectivity index (χ1) is 9.53. The number of carbonyl (C=O) groups is 2. The summed E-state index contributed by atoms with van der Waals surface area (Å²) in [6.45, 7) is 10.9. The maximum Gasteiger partial charge on any atom is 0.265 e. The number of hydrogen-bond acceptors (Lipinski definition) is 4. The topological polar surface area (TPSA) is 118 Å². The Hall–Kier alpha value is -1.67. The number of rotatable bonds is 4. The van der Waals surface area contributed by atoms with Crippen LogP contribution < -0.4 is 5.73 Å². The number of primary amides is 1. The quantitative estimate of drug-likeness (QED) is 0.590. The number of amides is 2. The average Bonchev–Trinajstić information content (AvgIpc) is 2.73. The van der Waals surface area contributed by atoms with E-state index in [1.54, 1.807) is 24.9 Å². The van der Waals surface area contributed by atoms with Crippen LogP contribution in [0.3, 0.4) is 0 Å². The second kappa shape index (κ2) is 11.0. The van der Waals surface area contributed by atoms with E-state index in [4.69, 9.17) is 4.55 Å². The molecule has 1 aliphatic rings. The lowest BCUT2D eigenvalue weighted by molar-refractivity contribution is -0.125. The molecule has 1 heterocycles. The Bertz CT molecular complexity index is 457. The molecule has 0 saturated carbocycles. The number of carbonyl (C=O) groups excluding carboxylic acids is 2. The van der Waals surface area contributed by atoms with Crippen molar-refractivity contribution in [1.29, 1.82) is 0 Å². The third-order valence-electron chi connectivity index (χ3n) is 2.08. The van der Waals surface area contributed by atoms with Crippen molar-refractivity contribution >= 4 is 21.9 Å². The van der Waals surface area contributed by atoms with E-state index < -0.39 is 16.0 Å². The van der Waals surface area contributed by atoms with Gasteiger partial charge in [0.05, 0.1) is 5.75 Å². The fourth-order valence-electron chi connectivity index (χ4n) is 1.28. The van der Waals surface area contributed by atoms with Crippen LogP contribution in [0.4, 0.5) is 0 Å². The molecule has 0 aromatic rings. The van der Waals surface area contributed by atoms with E-state index in [-0.39, 0.29) is 17.6 Å². The molecule has 0 aliphatic carbocycles. The van der Waals surface area contributed by atoms with E-state index in [2.05, 4.69) is 18.9 Å². The van der Waals surface area contributed by atoms with E-state index >= 15 is 0 Å². The minimum atomic E-state index is -3.72. The Morgan fingerprint density at radius 2 is 1.95 bits per heavy atom. The molecule has 0 unspecified atom stereocenters. The number of nitrogens with two attached hydrogens (primary N) is 1. The predicted octanol–water partition coefficient (Wildman–Crippen LogP) is 0.940. The first kappa shape index (κ1) is 21.6. The fraction of sp³-hybridized carbons (Fsp3) is 0.538. The molecule has 1 rings (SSSR count). The summed E-state index contributed by atoms with van der Waals surface area (Å²) in [6, 6.07) is 0. The average molecular weight is 320 g/mol. The molecule has 21 heavy (non-hydrogen) atoms. The molecule has 122 valence electrons. The summed E-state index contributed by atoms with van der Waals surface area (Å²) in [7, 11) is -3.72. The molecule has 2 amide bonds. The Morgan fingerprint density at radius 1 is 1.48 bits per heavy atom. The fourth-order valence-corrected chi connectivity index (χ4v) is 2.13. The van der Waals surface area contributed by atoms with Crippen LogP contribution in [0, 0.1) is 5.92 Å². The van der Waals surface area contributed by atoms with E-state index in [0.717, 1.165) is 19.0 Å². The van der Waals surface area contributed by atoms with Gasteiger partial charge in [0.25, 0.3) is 10.1 Å². The van der Waals surface area contributed by atoms with Gasteiger partial charge in [-0.25, -0.2) is 0 Å². The number of nitrogens with zero attached hydrogens (tertiary/aromatic N) is 1. The van der Waals surface area contributed by atoms with Gasteiger partial charge in [-0.3, -0.25) is 14.1 Å². The van der Waals surface area contributed by atoms with Gasteiger partial charge < -0.3 is 10.6 Å². The highest BCUT2D eigenvalue weighted by atomic mass is 32.2. The SMILES string of the molecule is C=CC(N)=O.C=CN1CCCC1=O.CC(C)CS(=O)(=O)O. The Balaban J connectivity index is 0. The highest BCUT2D eigenvalue weighted by molar-refractivity contribution is 7.85. The number of hydrogen-bond donors (Lipinski definition) is 2. The van der Waals surface area contributed by atoms with Gasteiger partial charge in [-0.15, -0.1) is 0 Å². The van der Waals surface area contributed by atoms with Crippen LogP contribution in [0.5, 0.6) is 0 Å². The maximum absolute atomic E-state index is 10.7. The van der Waals surface area contributed by atoms with Crippen LogP contribution in [0.25, 0.3) is 0 Å². The van der Waals surface area contributed by atoms with Gasteiger partial charge in [-0.1, -0.05) is 27.0 Å². The molecule has 0 atom stereocenters. The molecule has 1 saturated heterocycles. The Labute approximate surface area is 126 Å². The molecule has 1 fully saturated rings. The zero-order valence-corrected chi connectivity index (χ0v) is 13.3. The van der Waals surface area contributed by atoms with Gasteiger partial charge >= 0.3 is 0 Å². The van der Waals surface area contributed by atoms with Gasteiger partial charge in [-0.05, 0) is 24.6 Å². The minimum absolute atomic E-state index is 0.00463. The molecule has 0 aromatic carbocycles.